The molecule has 0 aliphatic carbocycles. The van der Waals surface area contributed by atoms with Gasteiger partial charge < -0.3 is 11.1 Å². The number of hydrogen-bond acceptors (Lipinski definition) is 3. The lowest BCUT2D eigenvalue weighted by Crippen LogP contribution is -2.41. The Morgan fingerprint density at radius 1 is 1.39 bits per heavy atom. The van der Waals surface area contributed by atoms with Crippen LogP contribution in [0.25, 0.3) is 0 Å². The minimum atomic E-state index is -0.107. The number of aromatic nitrogens is 1. The van der Waals surface area contributed by atoms with Gasteiger partial charge in [-0.3, -0.25) is 9.78 Å². The second-order valence-electron chi connectivity index (χ2n) is 4.64. The lowest BCUT2D eigenvalue weighted by Gasteiger charge is -2.21. The Labute approximate surface area is 109 Å². The minimum absolute atomic E-state index is 0.0161. The molecule has 100 valence electrons. The molecule has 1 aromatic heterocycles. The molecule has 0 bridgehead atoms. The number of pyridine rings is 1. The van der Waals surface area contributed by atoms with Gasteiger partial charge in [0, 0.05) is 24.5 Å². The maximum atomic E-state index is 11.9. The lowest BCUT2D eigenvalue weighted by atomic mass is 9.95. The molecular weight excluding hydrogens is 226 g/mol. The first-order valence-corrected chi connectivity index (χ1v) is 6.54. The van der Waals surface area contributed by atoms with Crippen LogP contribution < -0.4 is 11.1 Å². The molecule has 0 radical (unpaired) electrons. The number of aryl methyl sites for hydroxylation is 1. The van der Waals surface area contributed by atoms with Crippen molar-refractivity contribution in [3.8, 4) is 0 Å². The van der Waals surface area contributed by atoms with E-state index < -0.39 is 0 Å². The Balaban J connectivity index is 2.48. The predicted octanol–water partition coefficient (Wildman–Crippen LogP) is 1.88. The van der Waals surface area contributed by atoms with Gasteiger partial charge in [0.1, 0.15) is 0 Å². The molecule has 1 aromatic rings. The molecule has 4 heteroatoms. The largest absolute Gasteiger partial charge is 0.350 e. The zero-order chi connectivity index (χ0) is 13.5. The Hall–Kier alpha value is -1.42. The maximum Gasteiger partial charge on any atom is 0.252 e. The first-order chi connectivity index (χ1) is 8.58. The average Bonchev–Trinajstić information content (AvgIpc) is 2.38. The summed E-state index contributed by atoms with van der Waals surface area (Å²) in [6, 6.07) is 3.62. The van der Waals surface area contributed by atoms with Crippen LogP contribution in [-0.4, -0.2) is 23.5 Å². The summed E-state index contributed by atoms with van der Waals surface area (Å²) in [6.45, 7) is 6.66. The smallest absolute Gasteiger partial charge is 0.252 e. The summed E-state index contributed by atoms with van der Waals surface area (Å²) < 4.78 is 0. The Kier molecular flexibility index (Phi) is 5.78. The van der Waals surface area contributed by atoms with Crippen LogP contribution >= 0.6 is 0 Å². The summed E-state index contributed by atoms with van der Waals surface area (Å²) in [5, 5.41) is 2.86. The van der Waals surface area contributed by atoms with Gasteiger partial charge in [0.25, 0.3) is 5.91 Å². The van der Waals surface area contributed by atoms with Crippen molar-refractivity contribution in [2.24, 2.45) is 11.7 Å². The quantitative estimate of drug-likeness (QED) is 0.809. The van der Waals surface area contributed by atoms with Gasteiger partial charge in [-0.05, 0) is 25.0 Å². The van der Waals surface area contributed by atoms with Gasteiger partial charge in [0.2, 0.25) is 0 Å². The van der Waals surface area contributed by atoms with E-state index in [1.54, 1.807) is 12.3 Å². The van der Waals surface area contributed by atoms with Crippen LogP contribution in [0.4, 0.5) is 0 Å². The molecule has 0 spiro atoms. The van der Waals surface area contributed by atoms with Crippen molar-refractivity contribution < 1.29 is 4.79 Å². The number of amides is 1. The molecular formula is C14H23N3O. The highest BCUT2D eigenvalue weighted by molar-refractivity contribution is 5.93. The Bertz CT molecular complexity index is 371. The van der Waals surface area contributed by atoms with Gasteiger partial charge in [-0.2, -0.15) is 0 Å². The molecule has 0 saturated heterocycles. The first kappa shape index (κ1) is 14.6. The number of carbonyl (C=O) groups excluding carboxylic acids is 1. The van der Waals surface area contributed by atoms with Crippen LogP contribution in [0.1, 0.15) is 42.7 Å². The van der Waals surface area contributed by atoms with E-state index in [9.17, 15) is 4.79 Å². The first-order valence-electron chi connectivity index (χ1n) is 6.54. The van der Waals surface area contributed by atoms with E-state index in [4.69, 9.17) is 5.73 Å². The fourth-order valence-corrected chi connectivity index (χ4v) is 1.98. The van der Waals surface area contributed by atoms with Crippen molar-refractivity contribution >= 4 is 5.91 Å². The summed E-state index contributed by atoms with van der Waals surface area (Å²) in [6.07, 6.45) is 3.67. The van der Waals surface area contributed by atoms with Crippen molar-refractivity contribution in [1.82, 2.24) is 10.3 Å². The molecule has 0 saturated carbocycles. The lowest BCUT2D eigenvalue weighted by molar-refractivity contribution is 0.0947. The highest BCUT2D eigenvalue weighted by Gasteiger charge is 2.15. The van der Waals surface area contributed by atoms with E-state index in [0.717, 1.165) is 18.5 Å². The van der Waals surface area contributed by atoms with E-state index in [-0.39, 0.29) is 11.9 Å². The number of nitrogens with zero attached hydrogens (tertiary/aromatic N) is 1. The van der Waals surface area contributed by atoms with Crippen LogP contribution in [0.5, 0.6) is 0 Å². The topological polar surface area (TPSA) is 68.0 Å². The van der Waals surface area contributed by atoms with Gasteiger partial charge in [-0.15, -0.1) is 0 Å². The molecule has 1 heterocycles. The standard InChI is InChI=1S/C14H23N3O/c1-4-11(5-2)13(15)9-17-14(18)12-7-6-10(3)16-8-12/h6-8,11,13H,4-5,9,15H2,1-3H3,(H,17,18). The third-order valence-electron chi connectivity index (χ3n) is 3.33. The molecule has 4 nitrogen and oxygen atoms in total. The summed E-state index contributed by atoms with van der Waals surface area (Å²) >= 11 is 0. The highest BCUT2D eigenvalue weighted by atomic mass is 16.1. The van der Waals surface area contributed by atoms with E-state index in [0.29, 0.717) is 18.0 Å². The SMILES string of the molecule is CCC(CC)C(N)CNC(=O)c1ccc(C)nc1. The van der Waals surface area contributed by atoms with Crippen molar-refractivity contribution in [3.63, 3.8) is 0 Å². The van der Waals surface area contributed by atoms with Crippen molar-refractivity contribution in [1.29, 1.82) is 0 Å². The molecule has 0 aromatic carbocycles. The van der Waals surface area contributed by atoms with Crippen molar-refractivity contribution in [2.75, 3.05) is 6.54 Å². The van der Waals surface area contributed by atoms with Crippen molar-refractivity contribution in [2.45, 2.75) is 39.7 Å². The second-order valence-corrected chi connectivity index (χ2v) is 4.64. The summed E-state index contributed by atoms with van der Waals surface area (Å²) in [4.78, 5) is 16.0. The monoisotopic (exact) mass is 249 g/mol. The predicted molar refractivity (Wildman–Crippen MR) is 73.4 cm³/mol. The molecule has 18 heavy (non-hydrogen) atoms. The van der Waals surface area contributed by atoms with Crippen molar-refractivity contribution in [3.05, 3.63) is 29.6 Å². The summed E-state index contributed by atoms with van der Waals surface area (Å²) in [5.74, 6) is 0.352. The molecule has 1 unspecified atom stereocenters. The van der Waals surface area contributed by atoms with Gasteiger partial charge in [-0.25, -0.2) is 0 Å². The van der Waals surface area contributed by atoms with E-state index >= 15 is 0 Å². The summed E-state index contributed by atoms with van der Waals surface area (Å²) in [7, 11) is 0. The average molecular weight is 249 g/mol. The Morgan fingerprint density at radius 3 is 2.56 bits per heavy atom. The zero-order valence-corrected chi connectivity index (χ0v) is 11.4. The van der Waals surface area contributed by atoms with Gasteiger partial charge >= 0.3 is 0 Å². The normalized spacial score (nSPS) is 12.5. The fraction of sp³-hybridized carbons (Fsp3) is 0.571. The van der Waals surface area contributed by atoms with E-state index in [1.807, 2.05) is 13.0 Å². The zero-order valence-electron chi connectivity index (χ0n) is 11.4. The van der Waals surface area contributed by atoms with Crippen LogP contribution in [0.3, 0.4) is 0 Å². The number of hydrogen-bond donors (Lipinski definition) is 2. The van der Waals surface area contributed by atoms with Crippen LogP contribution in [-0.2, 0) is 0 Å². The highest BCUT2D eigenvalue weighted by Crippen LogP contribution is 2.10. The molecule has 0 fully saturated rings. The van der Waals surface area contributed by atoms with E-state index in [1.165, 1.54) is 0 Å². The number of carbonyl (C=O) groups is 1. The van der Waals surface area contributed by atoms with Gasteiger partial charge in [-0.1, -0.05) is 26.7 Å². The second kappa shape index (κ2) is 7.11. The molecule has 3 N–H and O–H groups in total. The van der Waals surface area contributed by atoms with Gasteiger partial charge in [0.05, 0.1) is 5.56 Å². The van der Waals surface area contributed by atoms with Crippen LogP contribution in [0.15, 0.2) is 18.3 Å². The maximum absolute atomic E-state index is 11.9. The Morgan fingerprint density at radius 2 is 2.06 bits per heavy atom. The number of rotatable bonds is 6. The molecule has 0 aliphatic heterocycles. The third kappa shape index (κ3) is 4.11. The number of nitrogens with two attached hydrogens (primary N) is 1. The minimum Gasteiger partial charge on any atom is -0.350 e. The van der Waals surface area contributed by atoms with Gasteiger partial charge in [0.15, 0.2) is 0 Å². The van der Waals surface area contributed by atoms with Crippen LogP contribution in [0.2, 0.25) is 0 Å². The third-order valence-corrected chi connectivity index (χ3v) is 3.33. The molecule has 1 rings (SSSR count). The van der Waals surface area contributed by atoms with E-state index in [2.05, 4.69) is 24.1 Å². The summed E-state index contributed by atoms with van der Waals surface area (Å²) in [5.41, 5.74) is 7.54. The number of nitrogens with one attached hydrogen (secondary N) is 1. The molecule has 0 aliphatic rings. The molecule has 1 atom stereocenters. The van der Waals surface area contributed by atoms with Crippen LogP contribution in [0, 0.1) is 12.8 Å². The molecule has 1 amide bonds. The fourth-order valence-electron chi connectivity index (χ4n) is 1.98.